The molecule has 4 nitrogen and oxygen atoms in total. The molecule has 2 rings (SSSR count). The monoisotopic (exact) mass is 293 g/mol. The predicted molar refractivity (Wildman–Crippen MR) is 65.1 cm³/mol. The summed E-state index contributed by atoms with van der Waals surface area (Å²) in [7, 11) is 0. The number of halogens is 3. The minimum absolute atomic E-state index is 0.0576. The van der Waals surface area contributed by atoms with Gasteiger partial charge in [-0.1, -0.05) is 0 Å². The van der Waals surface area contributed by atoms with Gasteiger partial charge in [0.2, 0.25) is 0 Å². The Hall–Kier alpha value is -0.990. The van der Waals surface area contributed by atoms with Gasteiger partial charge >= 0.3 is 6.18 Å². The number of hydrogen-bond donors (Lipinski definition) is 1. The van der Waals surface area contributed by atoms with Crippen molar-refractivity contribution < 1.29 is 18.0 Å². The highest BCUT2D eigenvalue weighted by molar-refractivity contribution is 7.13. The lowest BCUT2D eigenvalue weighted by Crippen LogP contribution is -2.41. The zero-order valence-corrected chi connectivity index (χ0v) is 10.9. The second kappa shape index (κ2) is 5.56. The molecule has 0 aliphatic carbocycles. The first-order valence-electron chi connectivity index (χ1n) is 5.90. The molecule has 0 radical (unpaired) electrons. The summed E-state index contributed by atoms with van der Waals surface area (Å²) in [5, 5.41) is -0.975. The smallest absolute Gasteiger partial charge is 0.328 e. The number of alkyl halides is 3. The Morgan fingerprint density at radius 1 is 1.47 bits per heavy atom. The van der Waals surface area contributed by atoms with Gasteiger partial charge in [0.05, 0.1) is 11.4 Å². The van der Waals surface area contributed by atoms with Crippen molar-refractivity contribution in [2.75, 3.05) is 19.6 Å². The average Bonchev–Trinajstić information content (AvgIpc) is 2.81. The molecule has 0 amide bonds. The number of nitrogens with zero attached hydrogens (tertiary/aromatic N) is 2. The molecular weight excluding hydrogens is 279 g/mol. The van der Waals surface area contributed by atoms with Crippen LogP contribution >= 0.6 is 11.3 Å². The van der Waals surface area contributed by atoms with Crippen molar-refractivity contribution in [2.45, 2.75) is 25.1 Å². The third kappa shape index (κ3) is 3.74. The Labute approximate surface area is 112 Å². The molecule has 1 aliphatic heterocycles. The lowest BCUT2D eigenvalue weighted by atomic mass is 10.1. The number of likely N-dealkylation sites (tertiary alicyclic amines) is 1. The fraction of sp³-hybridized carbons (Fsp3) is 0.636. The summed E-state index contributed by atoms with van der Waals surface area (Å²) < 4.78 is 37.1. The SMILES string of the molecule is NC1CCN(CC(=O)c2cnc(C(F)(F)F)s2)CC1. The van der Waals surface area contributed by atoms with E-state index in [0.29, 0.717) is 24.4 Å². The lowest BCUT2D eigenvalue weighted by Gasteiger charge is -2.29. The van der Waals surface area contributed by atoms with Gasteiger partial charge in [0.1, 0.15) is 0 Å². The molecule has 0 saturated carbocycles. The van der Waals surface area contributed by atoms with Crippen molar-refractivity contribution in [2.24, 2.45) is 5.73 Å². The average molecular weight is 293 g/mol. The Kier molecular flexibility index (Phi) is 4.22. The fourth-order valence-corrected chi connectivity index (χ4v) is 2.64. The molecule has 1 aromatic heterocycles. The van der Waals surface area contributed by atoms with E-state index in [1.807, 2.05) is 4.90 Å². The van der Waals surface area contributed by atoms with Crippen LogP contribution < -0.4 is 5.73 Å². The summed E-state index contributed by atoms with van der Waals surface area (Å²) in [6.45, 7) is 1.54. The maximum atomic E-state index is 12.4. The summed E-state index contributed by atoms with van der Waals surface area (Å²) in [5.74, 6) is -0.316. The Morgan fingerprint density at radius 2 is 2.11 bits per heavy atom. The van der Waals surface area contributed by atoms with Crippen LogP contribution in [0.25, 0.3) is 0 Å². The van der Waals surface area contributed by atoms with E-state index in [0.717, 1.165) is 19.0 Å². The van der Waals surface area contributed by atoms with Gasteiger partial charge in [-0.15, -0.1) is 11.3 Å². The van der Waals surface area contributed by atoms with Gasteiger partial charge in [0.25, 0.3) is 0 Å². The normalized spacial score (nSPS) is 18.7. The molecule has 1 fully saturated rings. The van der Waals surface area contributed by atoms with Gasteiger partial charge in [-0.25, -0.2) is 4.98 Å². The van der Waals surface area contributed by atoms with Crippen molar-refractivity contribution in [3.63, 3.8) is 0 Å². The van der Waals surface area contributed by atoms with Crippen molar-refractivity contribution in [1.82, 2.24) is 9.88 Å². The molecule has 0 aromatic carbocycles. The number of aromatic nitrogens is 1. The highest BCUT2D eigenvalue weighted by atomic mass is 32.1. The minimum Gasteiger partial charge on any atom is -0.328 e. The van der Waals surface area contributed by atoms with Crippen molar-refractivity contribution in [1.29, 1.82) is 0 Å². The summed E-state index contributed by atoms with van der Waals surface area (Å²) in [6, 6.07) is 0.159. The molecule has 1 aromatic rings. The minimum atomic E-state index is -4.49. The molecule has 2 N–H and O–H groups in total. The first-order chi connectivity index (χ1) is 8.86. The van der Waals surface area contributed by atoms with Crippen LogP contribution in [0.2, 0.25) is 0 Å². The van der Waals surface area contributed by atoms with E-state index in [1.165, 1.54) is 0 Å². The predicted octanol–water partition coefficient (Wildman–Crippen LogP) is 1.77. The van der Waals surface area contributed by atoms with Crippen LogP contribution in [0.4, 0.5) is 13.2 Å². The van der Waals surface area contributed by atoms with E-state index in [4.69, 9.17) is 5.73 Å². The molecule has 8 heteroatoms. The number of thiazole rings is 1. The Bertz CT molecular complexity index is 452. The van der Waals surface area contributed by atoms with E-state index in [-0.39, 0.29) is 23.2 Å². The largest absolute Gasteiger partial charge is 0.443 e. The molecule has 0 bridgehead atoms. The van der Waals surface area contributed by atoms with Gasteiger partial charge < -0.3 is 5.73 Å². The van der Waals surface area contributed by atoms with Crippen molar-refractivity contribution in [3.8, 4) is 0 Å². The molecule has 1 aliphatic rings. The zero-order chi connectivity index (χ0) is 14.0. The van der Waals surface area contributed by atoms with E-state index < -0.39 is 11.2 Å². The second-order valence-corrected chi connectivity index (χ2v) is 5.59. The van der Waals surface area contributed by atoms with Crippen LogP contribution in [-0.2, 0) is 6.18 Å². The second-order valence-electron chi connectivity index (χ2n) is 4.56. The standard InChI is InChI=1S/C11H14F3N3OS/c12-11(13,14)10-16-5-9(19-10)8(18)6-17-3-1-7(15)2-4-17/h5,7H,1-4,6,15H2. The van der Waals surface area contributed by atoms with Crippen LogP contribution in [0.1, 0.15) is 27.5 Å². The van der Waals surface area contributed by atoms with Gasteiger partial charge in [-0.2, -0.15) is 13.2 Å². The van der Waals surface area contributed by atoms with E-state index in [9.17, 15) is 18.0 Å². The highest BCUT2D eigenvalue weighted by Crippen LogP contribution is 2.32. The number of ketones is 1. The molecule has 1 saturated heterocycles. The van der Waals surface area contributed by atoms with Gasteiger partial charge in [-0.3, -0.25) is 9.69 Å². The number of hydrogen-bond acceptors (Lipinski definition) is 5. The van der Waals surface area contributed by atoms with E-state index >= 15 is 0 Å². The molecule has 0 unspecified atom stereocenters. The molecule has 0 spiro atoms. The van der Waals surface area contributed by atoms with Gasteiger partial charge in [0.15, 0.2) is 10.8 Å². The van der Waals surface area contributed by atoms with Gasteiger partial charge in [-0.05, 0) is 12.8 Å². The molecule has 19 heavy (non-hydrogen) atoms. The lowest BCUT2D eigenvalue weighted by molar-refractivity contribution is -0.137. The van der Waals surface area contributed by atoms with Crippen LogP contribution in [0.3, 0.4) is 0 Å². The molecule has 106 valence electrons. The number of nitrogens with two attached hydrogens (primary N) is 1. The van der Waals surface area contributed by atoms with Crippen LogP contribution in [-0.4, -0.2) is 41.3 Å². The van der Waals surface area contributed by atoms with E-state index in [1.54, 1.807) is 0 Å². The maximum absolute atomic E-state index is 12.4. The first kappa shape index (κ1) is 14.4. The van der Waals surface area contributed by atoms with E-state index in [2.05, 4.69) is 4.98 Å². The first-order valence-corrected chi connectivity index (χ1v) is 6.72. The van der Waals surface area contributed by atoms with Crippen LogP contribution in [0.15, 0.2) is 6.20 Å². The third-order valence-corrected chi connectivity index (χ3v) is 4.11. The topological polar surface area (TPSA) is 59.2 Å². The number of rotatable bonds is 3. The summed E-state index contributed by atoms with van der Waals surface area (Å²) in [5.41, 5.74) is 5.75. The number of Topliss-reactive ketones (excluding diaryl/α,β-unsaturated/α-hetero) is 1. The Balaban J connectivity index is 1.95. The molecule has 2 heterocycles. The molecular formula is C11H14F3N3OS. The Morgan fingerprint density at radius 3 is 2.63 bits per heavy atom. The van der Waals surface area contributed by atoms with Crippen molar-refractivity contribution in [3.05, 3.63) is 16.1 Å². The number of carbonyl (C=O) groups excluding carboxylic acids is 1. The van der Waals surface area contributed by atoms with Crippen LogP contribution in [0.5, 0.6) is 0 Å². The van der Waals surface area contributed by atoms with Gasteiger partial charge in [0, 0.05) is 25.3 Å². The number of carbonyl (C=O) groups is 1. The highest BCUT2D eigenvalue weighted by Gasteiger charge is 2.35. The van der Waals surface area contributed by atoms with Crippen LogP contribution in [0, 0.1) is 0 Å². The summed E-state index contributed by atoms with van der Waals surface area (Å²) in [4.78, 5) is 17.1. The fourth-order valence-electron chi connectivity index (χ4n) is 1.93. The van der Waals surface area contributed by atoms with Crippen molar-refractivity contribution >= 4 is 17.1 Å². The number of piperidine rings is 1. The third-order valence-electron chi connectivity index (χ3n) is 3.02. The zero-order valence-electron chi connectivity index (χ0n) is 10.1. The molecule has 0 atom stereocenters. The quantitative estimate of drug-likeness (QED) is 0.863. The summed E-state index contributed by atoms with van der Waals surface area (Å²) in [6.07, 6.45) is -1.86. The summed E-state index contributed by atoms with van der Waals surface area (Å²) >= 11 is 0.400. The maximum Gasteiger partial charge on any atom is 0.443 e.